The van der Waals surface area contributed by atoms with Gasteiger partial charge in [-0.1, -0.05) is 48.2 Å². The summed E-state index contributed by atoms with van der Waals surface area (Å²) in [5.74, 6) is -0.706. The zero-order valence-corrected chi connectivity index (χ0v) is 20.1. The van der Waals surface area contributed by atoms with Crippen LogP contribution in [0.15, 0.2) is 62.6 Å². The Balaban J connectivity index is 1.56. The molecule has 0 spiro atoms. The molecule has 12 heteroatoms. The van der Waals surface area contributed by atoms with Crippen LogP contribution in [0, 0.1) is 0 Å². The fourth-order valence-corrected chi connectivity index (χ4v) is 4.96. The van der Waals surface area contributed by atoms with E-state index in [2.05, 4.69) is 15.5 Å². The van der Waals surface area contributed by atoms with E-state index in [0.29, 0.717) is 11.7 Å². The Hall–Kier alpha value is -3.51. The Morgan fingerprint density at radius 2 is 1.91 bits per heavy atom. The number of hydrogen-bond acceptors (Lipinski definition) is 9. The number of carbonyl (C=O) groups excluding carboxylic acids is 1. The Morgan fingerprint density at radius 3 is 2.62 bits per heavy atom. The fraction of sp³-hybridized carbons (Fsp3) is 0.273. The van der Waals surface area contributed by atoms with Crippen molar-refractivity contribution < 1.29 is 4.79 Å². The van der Waals surface area contributed by atoms with E-state index in [-0.39, 0.29) is 30.2 Å². The molecule has 176 valence electrons. The maximum absolute atomic E-state index is 13.1. The third-order valence-electron chi connectivity index (χ3n) is 5.23. The van der Waals surface area contributed by atoms with Gasteiger partial charge in [-0.15, -0.1) is 16.4 Å². The number of thiophene rings is 1. The molecular weight excluding hydrogens is 474 g/mol. The maximum atomic E-state index is 13.1. The summed E-state index contributed by atoms with van der Waals surface area (Å²) in [7, 11) is 0. The highest BCUT2D eigenvalue weighted by Crippen LogP contribution is 2.18. The highest BCUT2D eigenvalue weighted by molar-refractivity contribution is 7.99. The van der Waals surface area contributed by atoms with Crippen LogP contribution in [0.2, 0.25) is 0 Å². The first-order chi connectivity index (χ1) is 16.5. The van der Waals surface area contributed by atoms with Gasteiger partial charge in [0.25, 0.3) is 5.56 Å². The van der Waals surface area contributed by atoms with Crippen molar-refractivity contribution in [1.82, 2.24) is 29.3 Å². The van der Waals surface area contributed by atoms with E-state index < -0.39 is 17.0 Å². The van der Waals surface area contributed by atoms with Crippen molar-refractivity contribution in [3.05, 3.63) is 84.7 Å². The predicted molar refractivity (Wildman–Crippen MR) is 131 cm³/mol. The van der Waals surface area contributed by atoms with Gasteiger partial charge in [-0.3, -0.25) is 18.7 Å². The summed E-state index contributed by atoms with van der Waals surface area (Å²) in [5.41, 5.74) is 5.62. The molecule has 34 heavy (non-hydrogen) atoms. The molecule has 1 aromatic carbocycles. The second kappa shape index (κ2) is 10.6. The first-order valence-corrected chi connectivity index (χ1v) is 12.5. The summed E-state index contributed by atoms with van der Waals surface area (Å²) >= 11 is 2.78. The topological polar surface area (TPSA) is 131 Å². The fourth-order valence-electron chi connectivity index (χ4n) is 3.49. The van der Waals surface area contributed by atoms with Crippen LogP contribution in [-0.4, -0.2) is 40.9 Å². The molecule has 0 saturated heterocycles. The second-order valence-electron chi connectivity index (χ2n) is 7.39. The molecule has 0 radical (unpaired) electrons. The van der Waals surface area contributed by atoms with Crippen LogP contribution in [-0.2, 0) is 26.1 Å². The number of benzene rings is 1. The molecule has 0 unspecified atom stereocenters. The lowest BCUT2D eigenvalue weighted by atomic mass is 10.2. The van der Waals surface area contributed by atoms with Gasteiger partial charge in [0, 0.05) is 17.8 Å². The van der Waals surface area contributed by atoms with Crippen molar-refractivity contribution in [3.8, 4) is 0 Å². The summed E-state index contributed by atoms with van der Waals surface area (Å²) in [5, 5.41) is 14.2. The normalized spacial score (nSPS) is 11.1. The molecule has 10 nitrogen and oxygen atoms in total. The molecule has 0 aliphatic rings. The number of hydrogen-bond donors (Lipinski definition) is 1. The van der Waals surface area contributed by atoms with Gasteiger partial charge in [-0.05, 0) is 34.4 Å². The van der Waals surface area contributed by atoms with Gasteiger partial charge >= 0.3 is 5.69 Å². The molecule has 0 saturated carbocycles. The number of nitrogens with zero attached hydrogens (tertiary/aromatic N) is 6. The molecule has 4 rings (SSSR count). The maximum Gasteiger partial charge on any atom is 0.332 e. The van der Waals surface area contributed by atoms with E-state index in [4.69, 9.17) is 5.73 Å². The van der Waals surface area contributed by atoms with Crippen LogP contribution in [0.3, 0.4) is 0 Å². The van der Waals surface area contributed by atoms with Gasteiger partial charge in [-0.2, -0.15) is 0 Å². The summed E-state index contributed by atoms with van der Waals surface area (Å²) < 4.78 is 3.92. The Labute approximate surface area is 203 Å². The summed E-state index contributed by atoms with van der Waals surface area (Å²) in [4.78, 5) is 40.1. The molecule has 2 N–H and O–H groups in total. The average molecular weight is 498 g/mol. The first kappa shape index (κ1) is 23.6. The largest absolute Gasteiger partial charge is 0.384 e. The third kappa shape index (κ3) is 5.02. The number of nitrogen functional groups attached to an aromatic ring is 1. The number of tetrazole rings is 1. The molecule has 0 aliphatic carbocycles. The minimum Gasteiger partial charge on any atom is -0.384 e. The monoisotopic (exact) mass is 497 g/mol. The molecule has 0 amide bonds. The highest BCUT2D eigenvalue weighted by Gasteiger charge is 2.23. The Bertz CT molecular complexity index is 1390. The van der Waals surface area contributed by atoms with E-state index >= 15 is 0 Å². The number of Topliss-reactive ketones (excluding diaryl/α,β-unsaturated/α-hetero) is 1. The van der Waals surface area contributed by atoms with E-state index in [1.165, 1.54) is 9.44 Å². The predicted octanol–water partition coefficient (Wildman–Crippen LogP) is 1.93. The molecule has 0 aliphatic heterocycles. The van der Waals surface area contributed by atoms with E-state index in [9.17, 15) is 14.4 Å². The summed E-state index contributed by atoms with van der Waals surface area (Å²) in [6.45, 7) is 2.52. The smallest absolute Gasteiger partial charge is 0.332 e. The van der Waals surface area contributed by atoms with Gasteiger partial charge < -0.3 is 5.73 Å². The third-order valence-corrected chi connectivity index (χ3v) is 7.12. The van der Waals surface area contributed by atoms with Crippen molar-refractivity contribution in [1.29, 1.82) is 0 Å². The van der Waals surface area contributed by atoms with Crippen LogP contribution >= 0.6 is 23.1 Å². The van der Waals surface area contributed by atoms with Crippen molar-refractivity contribution >= 4 is 34.7 Å². The van der Waals surface area contributed by atoms with E-state index in [1.54, 1.807) is 22.9 Å². The number of thioether (sulfide) groups is 1. The number of aryl methyl sites for hydroxylation is 2. The van der Waals surface area contributed by atoms with Gasteiger partial charge in [0.05, 0.1) is 18.8 Å². The quantitative estimate of drug-likeness (QED) is 0.260. The Morgan fingerprint density at radius 1 is 1.12 bits per heavy atom. The van der Waals surface area contributed by atoms with Crippen molar-refractivity contribution in [2.45, 2.75) is 38.1 Å². The number of anilines is 1. The Kier molecular flexibility index (Phi) is 7.38. The average Bonchev–Trinajstić information content (AvgIpc) is 3.52. The van der Waals surface area contributed by atoms with E-state index in [0.717, 1.165) is 28.3 Å². The van der Waals surface area contributed by atoms with Crippen molar-refractivity contribution in [3.63, 3.8) is 0 Å². The summed E-state index contributed by atoms with van der Waals surface area (Å²) in [6, 6.07) is 13.3. The zero-order chi connectivity index (χ0) is 24.1. The van der Waals surface area contributed by atoms with Crippen molar-refractivity contribution in [2.75, 3.05) is 11.5 Å². The lowest BCUT2D eigenvalue weighted by molar-refractivity contribution is 0.102. The number of rotatable bonds is 10. The summed E-state index contributed by atoms with van der Waals surface area (Å²) in [6.07, 6.45) is 0.767. The van der Waals surface area contributed by atoms with Crippen LogP contribution in [0.5, 0.6) is 0 Å². The van der Waals surface area contributed by atoms with Gasteiger partial charge in [0.1, 0.15) is 11.4 Å². The van der Waals surface area contributed by atoms with Crippen LogP contribution in [0.4, 0.5) is 5.82 Å². The van der Waals surface area contributed by atoms with Crippen LogP contribution in [0.25, 0.3) is 0 Å². The number of carbonyl (C=O) groups is 1. The van der Waals surface area contributed by atoms with Gasteiger partial charge in [0.2, 0.25) is 5.16 Å². The second-order valence-corrected chi connectivity index (χ2v) is 9.36. The molecule has 0 atom stereocenters. The number of nitrogens with two attached hydrogens (primary N) is 1. The molecule has 0 fully saturated rings. The lowest BCUT2D eigenvalue weighted by Crippen LogP contribution is -2.44. The number of ketones is 1. The SMILES string of the molecule is CCn1c(=O)c(C(=O)CSc2nnnn2CCc2cccs2)c(N)n(Cc2ccccc2)c1=O. The minimum absolute atomic E-state index is 0.0912. The minimum atomic E-state index is -0.683. The first-order valence-electron chi connectivity index (χ1n) is 10.6. The molecule has 0 bridgehead atoms. The van der Waals surface area contributed by atoms with Crippen LogP contribution < -0.4 is 17.0 Å². The molecule has 3 heterocycles. The zero-order valence-electron chi connectivity index (χ0n) is 18.5. The van der Waals surface area contributed by atoms with Gasteiger partial charge in [0.15, 0.2) is 5.78 Å². The molecule has 3 aromatic heterocycles. The standard InChI is InChI=1S/C22H23N7O3S2/c1-2-27-20(31)18(19(23)28(22(27)32)13-15-7-4-3-5-8-15)17(30)14-34-21-24-25-26-29(21)11-10-16-9-6-12-33-16/h3-9,12H,2,10-11,13-14,23H2,1H3. The highest BCUT2D eigenvalue weighted by atomic mass is 32.2. The van der Waals surface area contributed by atoms with Crippen LogP contribution in [0.1, 0.15) is 27.7 Å². The number of aromatic nitrogens is 6. The molecular formula is C22H23N7O3S2. The van der Waals surface area contributed by atoms with E-state index in [1.807, 2.05) is 47.8 Å². The van der Waals surface area contributed by atoms with Gasteiger partial charge in [-0.25, -0.2) is 9.48 Å². The molecule has 4 aromatic rings. The lowest BCUT2D eigenvalue weighted by Gasteiger charge is -2.15. The van der Waals surface area contributed by atoms with Crippen molar-refractivity contribution in [2.24, 2.45) is 0 Å².